The maximum atomic E-state index is 12.3. The summed E-state index contributed by atoms with van der Waals surface area (Å²) >= 11 is 0. The van der Waals surface area contributed by atoms with E-state index in [9.17, 15) is 14.4 Å². The summed E-state index contributed by atoms with van der Waals surface area (Å²) in [5.41, 5.74) is 0.790. The highest BCUT2D eigenvalue weighted by atomic mass is 16.5. The van der Waals surface area contributed by atoms with Gasteiger partial charge in [0.15, 0.2) is 6.10 Å². The number of ether oxygens (including phenoxy) is 3. The Hall–Kier alpha value is -2.57. The molecule has 124 valence electrons. The molecule has 23 heavy (non-hydrogen) atoms. The number of amides is 1. The number of benzene rings is 1. The predicted molar refractivity (Wildman–Crippen MR) is 81.5 cm³/mol. The van der Waals surface area contributed by atoms with E-state index in [4.69, 9.17) is 14.2 Å². The molecule has 2 rings (SSSR count). The van der Waals surface area contributed by atoms with Crippen molar-refractivity contribution < 1.29 is 28.6 Å². The van der Waals surface area contributed by atoms with Gasteiger partial charge in [-0.25, -0.2) is 4.79 Å². The fourth-order valence-corrected chi connectivity index (χ4v) is 2.26. The lowest BCUT2D eigenvalue weighted by atomic mass is 10.1. The van der Waals surface area contributed by atoms with Gasteiger partial charge in [0.05, 0.1) is 30.9 Å². The number of fused-ring (bicyclic) bond motifs is 1. The van der Waals surface area contributed by atoms with E-state index in [1.54, 1.807) is 33.0 Å². The third kappa shape index (κ3) is 3.61. The van der Waals surface area contributed by atoms with Crippen molar-refractivity contribution in [1.29, 1.82) is 0 Å². The first-order chi connectivity index (χ1) is 11.0. The van der Waals surface area contributed by atoms with Crippen LogP contribution in [0.25, 0.3) is 0 Å². The molecule has 1 aromatic rings. The molecule has 1 aliphatic rings. The van der Waals surface area contributed by atoms with Gasteiger partial charge in [-0.05, 0) is 32.0 Å². The van der Waals surface area contributed by atoms with Gasteiger partial charge in [-0.2, -0.15) is 0 Å². The molecule has 1 heterocycles. The van der Waals surface area contributed by atoms with Gasteiger partial charge in [0.1, 0.15) is 5.75 Å². The average Bonchev–Trinajstić information content (AvgIpc) is 2.52. The van der Waals surface area contributed by atoms with Crippen molar-refractivity contribution in [3.8, 4) is 5.75 Å². The third-order valence-electron chi connectivity index (χ3n) is 3.36. The zero-order valence-electron chi connectivity index (χ0n) is 13.3. The SMILES string of the molecule is CCOC(=O)CC1Oc2ccc(C(=O)OCC)cc2N(C)C1=O. The molecule has 1 atom stereocenters. The maximum absolute atomic E-state index is 12.3. The highest BCUT2D eigenvalue weighted by Gasteiger charge is 2.34. The quantitative estimate of drug-likeness (QED) is 0.765. The Morgan fingerprint density at radius 2 is 1.91 bits per heavy atom. The lowest BCUT2D eigenvalue weighted by molar-refractivity contribution is -0.147. The second-order valence-electron chi connectivity index (χ2n) is 4.92. The fraction of sp³-hybridized carbons (Fsp3) is 0.438. The molecule has 0 N–H and O–H groups in total. The molecular formula is C16H19NO6. The number of hydrogen-bond donors (Lipinski definition) is 0. The van der Waals surface area contributed by atoms with Crippen molar-refractivity contribution in [2.24, 2.45) is 0 Å². The van der Waals surface area contributed by atoms with Gasteiger partial charge in [-0.1, -0.05) is 0 Å². The minimum absolute atomic E-state index is 0.157. The summed E-state index contributed by atoms with van der Waals surface area (Å²) in [4.78, 5) is 37.0. The van der Waals surface area contributed by atoms with Crippen LogP contribution in [-0.4, -0.2) is 44.2 Å². The van der Waals surface area contributed by atoms with E-state index in [1.165, 1.54) is 11.0 Å². The lowest BCUT2D eigenvalue weighted by Gasteiger charge is -2.31. The molecule has 1 amide bonds. The molecule has 0 bridgehead atoms. The van der Waals surface area contributed by atoms with Crippen LogP contribution < -0.4 is 9.64 Å². The first kappa shape index (κ1) is 16.8. The van der Waals surface area contributed by atoms with Crippen molar-refractivity contribution in [1.82, 2.24) is 0 Å². The first-order valence-corrected chi connectivity index (χ1v) is 7.38. The normalized spacial score (nSPS) is 16.4. The number of carbonyl (C=O) groups excluding carboxylic acids is 3. The van der Waals surface area contributed by atoms with Crippen LogP contribution in [0.5, 0.6) is 5.75 Å². The standard InChI is InChI=1S/C16H19NO6/c1-4-21-14(18)9-13-15(19)17(3)11-8-10(16(20)22-5-2)6-7-12(11)23-13/h6-8,13H,4-5,9H2,1-3H3. The summed E-state index contributed by atoms with van der Waals surface area (Å²) in [7, 11) is 1.57. The number of likely N-dealkylation sites (N-methyl/N-ethyl adjacent to an activating group) is 1. The molecule has 1 aliphatic heterocycles. The van der Waals surface area contributed by atoms with Crippen LogP contribution in [0.15, 0.2) is 18.2 Å². The summed E-state index contributed by atoms with van der Waals surface area (Å²) in [5, 5.41) is 0. The van der Waals surface area contributed by atoms with Crippen LogP contribution in [0.4, 0.5) is 5.69 Å². The predicted octanol–water partition coefficient (Wildman–Crippen LogP) is 1.54. The van der Waals surface area contributed by atoms with Crippen LogP contribution in [0, 0.1) is 0 Å². The minimum atomic E-state index is -0.931. The Labute approximate surface area is 134 Å². The highest BCUT2D eigenvalue weighted by molar-refractivity contribution is 6.02. The summed E-state index contributed by atoms with van der Waals surface area (Å²) < 4.78 is 15.4. The van der Waals surface area contributed by atoms with Gasteiger partial charge in [-0.15, -0.1) is 0 Å². The van der Waals surface area contributed by atoms with Crippen molar-refractivity contribution >= 4 is 23.5 Å². The molecule has 7 heteroatoms. The zero-order valence-corrected chi connectivity index (χ0v) is 13.3. The van der Waals surface area contributed by atoms with E-state index in [0.29, 0.717) is 17.0 Å². The Kier molecular flexibility index (Phi) is 5.20. The minimum Gasteiger partial charge on any atom is -0.478 e. The molecule has 0 saturated carbocycles. The lowest BCUT2D eigenvalue weighted by Crippen LogP contribution is -2.45. The Bertz CT molecular complexity index is 627. The van der Waals surface area contributed by atoms with Gasteiger partial charge in [0.25, 0.3) is 5.91 Å². The highest BCUT2D eigenvalue weighted by Crippen LogP contribution is 2.35. The van der Waals surface area contributed by atoms with E-state index in [1.807, 2.05) is 0 Å². The first-order valence-electron chi connectivity index (χ1n) is 7.38. The number of nitrogens with zero attached hydrogens (tertiary/aromatic N) is 1. The number of rotatable bonds is 5. The van der Waals surface area contributed by atoms with Crippen LogP contribution in [0.3, 0.4) is 0 Å². The molecule has 0 fully saturated rings. The Balaban J connectivity index is 2.22. The fourth-order valence-electron chi connectivity index (χ4n) is 2.26. The van der Waals surface area contributed by atoms with Crippen LogP contribution in [0.1, 0.15) is 30.6 Å². The molecule has 0 aliphatic carbocycles. The van der Waals surface area contributed by atoms with Crippen LogP contribution >= 0.6 is 0 Å². The summed E-state index contributed by atoms with van der Waals surface area (Å²) in [6.45, 7) is 3.92. The van der Waals surface area contributed by atoms with Crippen molar-refractivity contribution in [3.05, 3.63) is 23.8 Å². The van der Waals surface area contributed by atoms with Gasteiger partial charge in [-0.3, -0.25) is 9.59 Å². The van der Waals surface area contributed by atoms with Crippen molar-refractivity contribution in [2.75, 3.05) is 25.2 Å². The summed E-state index contributed by atoms with van der Waals surface area (Å²) in [5.74, 6) is -0.906. The summed E-state index contributed by atoms with van der Waals surface area (Å²) in [6.07, 6.45) is -1.09. The molecule has 0 radical (unpaired) electrons. The van der Waals surface area contributed by atoms with E-state index in [0.717, 1.165) is 0 Å². The van der Waals surface area contributed by atoms with E-state index in [2.05, 4.69) is 0 Å². The largest absolute Gasteiger partial charge is 0.478 e. The second kappa shape index (κ2) is 7.13. The number of anilines is 1. The van der Waals surface area contributed by atoms with Crippen LogP contribution in [-0.2, 0) is 19.1 Å². The average molecular weight is 321 g/mol. The molecule has 7 nitrogen and oxygen atoms in total. The molecule has 1 unspecified atom stereocenters. The molecule has 1 aromatic carbocycles. The van der Waals surface area contributed by atoms with Gasteiger partial charge < -0.3 is 19.1 Å². The monoisotopic (exact) mass is 321 g/mol. The Morgan fingerprint density at radius 1 is 1.22 bits per heavy atom. The van der Waals surface area contributed by atoms with Crippen molar-refractivity contribution in [3.63, 3.8) is 0 Å². The molecule has 0 spiro atoms. The third-order valence-corrected chi connectivity index (χ3v) is 3.36. The van der Waals surface area contributed by atoms with Gasteiger partial charge in [0.2, 0.25) is 0 Å². The molecular weight excluding hydrogens is 302 g/mol. The number of carbonyl (C=O) groups is 3. The summed E-state index contributed by atoms with van der Waals surface area (Å²) in [6, 6.07) is 4.68. The van der Waals surface area contributed by atoms with Gasteiger partial charge >= 0.3 is 11.9 Å². The van der Waals surface area contributed by atoms with E-state index < -0.39 is 18.0 Å². The van der Waals surface area contributed by atoms with E-state index in [-0.39, 0.29) is 25.5 Å². The van der Waals surface area contributed by atoms with E-state index >= 15 is 0 Å². The molecule has 0 aromatic heterocycles. The Morgan fingerprint density at radius 3 is 2.57 bits per heavy atom. The molecule has 0 saturated heterocycles. The second-order valence-corrected chi connectivity index (χ2v) is 4.92. The van der Waals surface area contributed by atoms with Crippen LogP contribution in [0.2, 0.25) is 0 Å². The number of hydrogen-bond acceptors (Lipinski definition) is 6. The zero-order chi connectivity index (χ0) is 17.0. The topological polar surface area (TPSA) is 82.1 Å². The maximum Gasteiger partial charge on any atom is 0.338 e. The van der Waals surface area contributed by atoms with Crippen molar-refractivity contribution in [2.45, 2.75) is 26.4 Å². The van der Waals surface area contributed by atoms with Gasteiger partial charge in [0, 0.05) is 7.05 Å². The smallest absolute Gasteiger partial charge is 0.338 e. The number of esters is 2.